The molecule has 0 fully saturated rings. The Morgan fingerprint density at radius 1 is 0.886 bits per heavy atom. The van der Waals surface area contributed by atoms with Gasteiger partial charge in [0.1, 0.15) is 0 Å². The van der Waals surface area contributed by atoms with Crippen molar-refractivity contribution in [3.8, 4) is 11.1 Å². The highest BCUT2D eigenvalue weighted by molar-refractivity contribution is 7.92. The van der Waals surface area contributed by atoms with E-state index in [4.69, 9.17) is 11.6 Å². The average Bonchev–Trinajstić information content (AvgIpc) is 3.05. The number of carbonyl (C=O) groups is 1. The average molecular weight is 523 g/mol. The summed E-state index contributed by atoms with van der Waals surface area (Å²) < 4.78 is 66.1. The lowest BCUT2D eigenvalue weighted by Crippen LogP contribution is -2.42. The highest BCUT2D eigenvalue weighted by atomic mass is 35.5. The van der Waals surface area contributed by atoms with E-state index in [1.165, 1.54) is 19.2 Å². The molecule has 1 amide bonds. The van der Waals surface area contributed by atoms with Gasteiger partial charge in [0, 0.05) is 25.2 Å². The summed E-state index contributed by atoms with van der Waals surface area (Å²) in [7, 11) is -2.45. The number of halogens is 4. The Hall–Kier alpha value is -3.04. The third-order valence-electron chi connectivity index (χ3n) is 6.08. The molecular weight excluding hydrogens is 501 g/mol. The van der Waals surface area contributed by atoms with Crippen molar-refractivity contribution in [1.82, 2.24) is 4.90 Å². The summed E-state index contributed by atoms with van der Waals surface area (Å²) in [5, 5.41) is 0.606. The molecule has 0 spiro atoms. The zero-order chi connectivity index (χ0) is 25.4. The third kappa shape index (κ3) is 5.31. The summed E-state index contributed by atoms with van der Waals surface area (Å²) in [5.74, 6) is -1.85. The Kier molecular flexibility index (Phi) is 6.83. The molecule has 1 aliphatic heterocycles. The number of sulfonamides is 1. The number of carbonyl (C=O) groups excluding carboxylic acids is 1. The van der Waals surface area contributed by atoms with Gasteiger partial charge in [-0.3, -0.25) is 9.10 Å². The van der Waals surface area contributed by atoms with E-state index in [9.17, 15) is 26.4 Å². The first kappa shape index (κ1) is 25.1. The van der Waals surface area contributed by atoms with Gasteiger partial charge in [-0.25, -0.2) is 8.42 Å². The zero-order valence-electron chi connectivity index (χ0n) is 18.7. The van der Waals surface area contributed by atoms with Crippen molar-refractivity contribution in [1.29, 1.82) is 0 Å². The Labute approximate surface area is 206 Å². The molecule has 0 bridgehead atoms. The summed E-state index contributed by atoms with van der Waals surface area (Å²) in [6, 6.07) is 18.7. The smallest absolute Gasteiger partial charge is 0.334 e. The SMILES string of the molecule is CN(c1ccc2c(c1)CCN(C(=O)C(F)(F)F)CC2)S(=O)(=O)c1ccc(-c2ccc(Cl)cc2)cc1. The highest BCUT2D eigenvalue weighted by Gasteiger charge is 2.42. The lowest BCUT2D eigenvalue weighted by molar-refractivity contribution is -0.185. The first-order valence-corrected chi connectivity index (χ1v) is 12.6. The molecule has 184 valence electrons. The molecule has 1 aliphatic rings. The molecule has 0 atom stereocenters. The van der Waals surface area contributed by atoms with Gasteiger partial charge in [0.15, 0.2) is 0 Å². The van der Waals surface area contributed by atoms with Gasteiger partial charge in [0.05, 0.1) is 10.6 Å². The lowest BCUT2D eigenvalue weighted by atomic mass is 10.0. The van der Waals surface area contributed by atoms with Gasteiger partial charge < -0.3 is 4.90 Å². The molecule has 0 radical (unpaired) electrons. The topological polar surface area (TPSA) is 57.7 Å². The van der Waals surface area contributed by atoms with Crippen LogP contribution in [-0.2, 0) is 27.7 Å². The maximum absolute atomic E-state index is 13.2. The first-order valence-electron chi connectivity index (χ1n) is 10.8. The maximum Gasteiger partial charge on any atom is 0.471 e. The van der Waals surface area contributed by atoms with Crippen LogP contribution in [-0.4, -0.2) is 45.5 Å². The predicted molar refractivity (Wildman–Crippen MR) is 129 cm³/mol. The monoisotopic (exact) mass is 522 g/mol. The fourth-order valence-electron chi connectivity index (χ4n) is 4.05. The molecule has 3 aromatic rings. The number of nitrogens with zero attached hydrogens (tertiary/aromatic N) is 2. The van der Waals surface area contributed by atoms with Crippen LogP contribution in [0.15, 0.2) is 71.6 Å². The molecule has 0 N–H and O–H groups in total. The number of rotatable bonds is 4. The third-order valence-corrected chi connectivity index (χ3v) is 8.13. The standard InChI is InChI=1S/C25H22ClF3N2O3S/c1-30(35(33,34)23-10-5-18(6-11-23)17-2-7-21(26)8-3-17)22-9-4-19-12-14-31(15-13-20(19)16-22)24(32)25(27,28)29/h2-11,16H,12-15H2,1H3. The van der Waals surface area contributed by atoms with E-state index in [0.29, 0.717) is 10.7 Å². The van der Waals surface area contributed by atoms with Crippen molar-refractivity contribution in [2.24, 2.45) is 0 Å². The van der Waals surface area contributed by atoms with Gasteiger partial charge in [0.2, 0.25) is 0 Å². The van der Waals surface area contributed by atoms with Crippen molar-refractivity contribution in [2.45, 2.75) is 23.9 Å². The van der Waals surface area contributed by atoms with Crippen LogP contribution in [0.25, 0.3) is 11.1 Å². The molecule has 0 aliphatic carbocycles. The number of amides is 1. The van der Waals surface area contributed by atoms with Gasteiger partial charge in [-0.15, -0.1) is 0 Å². The second-order valence-electron chi connectivity index (χ2n) is 8.25. The zero-order valence-corrected chi connectivity index (χ0v) is 20.3. The normalized spacial score (nSPS) is 14.3. The molecule has 0 aromatic heterocycles. The molecule has 10 heteroatoms. The summed E-state index contributed by atoms with van der Waals surface area (Å²) in [5.41, 5.74) is 3.65. The Bertz CT molecular complexity index is 1340. The molecule has 3 aromatic carbocycles. The molecule has 0 saturated heterocycles. The Balaban J connectivity index is 1.54. The van der Waals surface area contributed by atoms with Crippen molar-refractivity contribution < 1.29 is 26.4 Å². The van der Waals surface area contributed by atoms with Crippen molar-refractivity contribution in [2.75, 3.05) is 24.4 Å². The van der Waals surface area contributed by atoms with E-state index in [2.05, 4.69) is 0 Å². The molecule has 5 nitrogen and oxygen atoms in total. The fraction of sp³-hybridized carbons (Fsp3) is 0.240. The number of benzene rings is 3. The van der Waals surface area contributed by atoms with Gasteiger partial charge in [-0.1, -0.05) is 41.9 Å². The van der Waals surface area contributed by atoms with Gasteiger partial charge >= 0.3 is 12.1 Å². The van der Waals surface area contributed by atoms with Crippen LogP contribution in [0.3, 0.4) is 0 Å². The maximum atomic E-state index is 13.2. The highest BCUT2D eigenvalue weighted by Crippen LogP contribution is 2.29. The molecular formula is C25H22ClF3N2O3S. The van der Waals surface area contributed by atoms with E-state index in [0.717, 1.165) is 31.5 Å². The summed E-state index contributed by atoms with van der Waals surface area (Å²) >= 11 is 5.92. The number of anilines is 1. The van der Waals surface area contributed by atoms with Crippen LogP contribution in [0.1, 0.15) is 11.1 Å². The lowest BCUT2D eigenvalue weighted by Gasteiger charge is -2.21. The second kappa shape index (κ2) is 9.54. The van der Waals surface area contributed by atoms with E-state index in [1.54, 1.807) is 42.5 Å². The second-order valence-corrected chi connectivity index (χ2v) is 10.7. The number of alkyl halides is 3. The molecule has 0 unspecified atom stereocenters. The molecule has 4 rings (SSSR count). The van der Waals surface area contributed by atoms with E-state index < -0.39 is 22.1 Å². The summed E-state index contributed by atoms with van der Waals surface area (Å²) in [4.78, 5) is 12.5. The Morgan fingerprint density at radius 2 is 1.43 bits per heavy atom. The minimum absolute atomic E-state index is 0.0429. The van der Waals surface area contributed by atoms with Crippen LogP contribution in [0.4, 0.5) is 18.9 Å². The van der Waals surface area contributed by atoms with Crippen LogP contribution in [0, 0.1) is 0 Å². The molecule has 0 saturated carbocycles. The van der Waals surface area contributed by atoms with Crippen molar-refractivity contribution in [3.05, 3.63) is 82.9 Å². The van der Waals surface area contributed by atoms with E-state index >= 15 is 0 Å². The van der Waals surface area contributed by atoms with Crippen LogP contribution in [0.2, 0.25) is 5.02 Å². The number of hydrogen-bond donors (Lipinski definition) is 0. The van der Waals surface area contributed by atoms with Crippen LogP contribution in [0.5, 0.6) is 0 Å². The van der Waals surface area contributed by atoms with Gasteiger partial charge in [0.25, 0.3) is 10.0 Å². The molecule has 35 heavy (non-hydrogen) atoms. The van der Waals surface area contributed by atoms with Crippen LogP contribution < -0.4 is 4.31 Å². The number of fused-ring (bicyclic) bond motifs is 1. The van der Waals surface area contributed by atoms with Crippen molar-refractivity contribution >= 4 is 33.2 Å². The fourth-order valence-corrected chi connectivity index (χ4v) is 5.36. The van der Waals surface area contributed by atoms with Gasteiger partial charge in [-0.05, 0) is 71.5 Å². The van der Waals surface area contributed by atoms with Gasteiger partial charge in [-0.2, -0.15) is 13.2 Å². The largest absolute Gasteiger partial charge is 0.471 e. The van der Waals surface area contributed by atoms with Crippen molar-refractivity contribution in [3.63, 3.8) is 0 Å². The van der Waals surface area contributed by atoms with E-state index in [1.807, 2.05) is 12.1 Å². The summed E-state index contributed by atoms with van der Waals surface area (Å²) in [6.07, 6.45) is -4.45. The number of hydrogen-bond acceptors (Lipinski definition) is 3. The summed E-state index contributed by atoms with van der Waals surface area (Å²) in [6.45, 7) is -0.129. The predicted octanol–water partition coefficient (Wildman–Crippen LogP) is 5.32. The minimum Gasteiger partial charge on any atom is -0.334 e. The molecule has 1 heterocycles. The van der Waals surface area contributed by atoms with E-state index in [-0.39, 0.29) is 30.8 Å². The van der Waals surface area contributed by atoms with Crippen LogP contribution >= 0.6 is 11.6 Å². The quantitative estimate of drug-likeness (QED) is 0.466. The first-order chi connectivity index (χ1) is 16.5. The minimum atomic E-state index is -4.92. The Morgan fingerprint density at radius 3 is 2.00 bits per heavy atom.